The summed E-state index contributed by atoms with van der Waals surface area (Å²) >= 11 is 0. The van der Waals surface area contributed by atoms with Gasteiger partial charge in [-0.25, -0.2) is 10.3 Å². The lowest BCUT2D eigenvalue weighted by Gasteiger charge is -2.07. The van der Waals surface area contributed by atoms with Crippen molar-refractivity contribution in [1.29, 1.82) is 0 Å². The predicted molar refractivity (Wildman–Crippen MR) is 77.6 cm³/mol. The number of carbonyl (C=O) groups excluding carboxylic acids is 2. The molecule has 0 aliphatic heterocycles. The number of aryl methyl sites for hydroxylation is 2. The standard InChI is InChI=1S/C15H17N3O4/c1-11-8-13(18(2)16-11)15(20)21-10-14(19)17-22-9-12-6-4-3-5-7-12/h3-8H,9-10H2,1-2H3,(H,17,19). The van der Waals surface area contributed by atoms with E-state index in [-0.39, 0.29) is 12.3 Å². The van der Waals surface area contributed by atoms with Crippen molar-refractivity contribution in [2.45, 2.75) is 13.5 Å². The molecule has 0 aliphatic carbocycles. The molecule has 0 aliphatic rings. The van der Waals surface area contributed by atoms with Gasteiger partial charge in [-0.2, -0.15) is 5.10 Å². The number of esters is 1. The fourth-order valence-corrected chi connectivity index (χ4v) is 1.81. The van der Waals surface area contributed by atoms with E-state index in [0.717, 1.165) is 5.56 Å². The molecule has 1 amide bonds. The second kappa shape index (κ2) is 7.37. The highest BCUT2D eigenvalue weighted by atomic mass is 16.7. The molecule has 22 heavy (non-hydrogen) atoms. The third-order valence-electron chi connectivity index (χ3n) is 2.81. The van der Waals surface area contributed by atoms with Gasteiger partial charge in [0.05, 0.1) is 12.3 Å². The van der Waals surface area contributed by atoms with E-state index in [1.54, 1.807) is 20.0 Å². The van der Waals surface area contributed by atoms with Crippen LogP contribution in [-0.4, -0.2) is 28.3 Å². The van der Waals surface area contributed by atoms with Gasteiger partial charge in [-0.3, -0.25) is 14.3 Å². The van der Waals surface area contributed by atoms with Crippen LogP contribution in [0.2, 0.25) is 0 Å². The molecule has 1 N–H and O–H groups in total. The monoisotopic (exact) mass is 303 g/mol. The first-order valence-electron chi connectivity index (χ1n) is 6.68. The topological polar surface area (TPSA) is 82.5 Å². The summed E-state index contributed by atoms with van der Waals surface area (Å²) in [6.07, 6.45) is 0. The lowest BCUT2D eigenvalue weighted by molar-refractivity contribution is -0.137. The highest BCUT2D eigenvalue weighted by Gasteiger charge is 2.14. The number of nitrogens with one attached hydrogen (secondary N) is 1. The predicted octanol–water partition coefficient (Wildman–Crippen LogP) is 1.13. The van der Waals surface area contributed by atoms with Crippen LogP contribution < -0.4 is 5.48 Å². The van der Waals surface area contributed by atoms with Crippen LogP contribution in [0.3, 0.4) is 0 Å². The number of ether oxygens (including phenoxy) is 1. The molecular weight excluding hydrogens is 286 g/mol. The number of hydrogen-bond donors (Lipinski definition) is 1. The molecule has 1 aromatic heterocycles. The molecule has 0 saturated heterocycles. The van der Waals surface area contributed by atoms with Crippen LogP contribution in [0.1, 0.15) is 21.7 Å². The summed E-state index contributed by atoms with van der Waals surface area (Å²) in [7, 11) is 1.63. The summed E-state index contributed by atoms with van der Waals surface area (Å²) < 4.78 is 6.30. The molecule has 7 nitrogen and oxygen atoms in total. The molecule has 0 radical (unpaired) electrons. The first-order chi connectivity index (χ1) is 10.6. The summed E-state index contributed by atoms with van der Waals surface area (Å²) in [5, 5.41) is 4.03. The Bertz CT molecular complexity index is 652. The SMILES string of the molecule is Cc1cc(C(=O)OCC(=O)NOCc2ccccc2)n(C)n1. The van der Waals surface area contributed by atoms with Crippen LogP contribution in [0.4, 0.5) is 0 Å². The quantitative estimate of drug-likeness (QED) is 0.639. The van der Waals surface area contributed by atoms with Gasteiger partial charge in [0.25, 0.3) is 5.91 Å². The number of carbonyl (C=O) groups is 2. The lowest BCUT2D eigenvalue weighted by Crippen LogP contribution is -2.29. The normalized spacial score (nSPS) is 10.3. The number of amides is 1. The third-order valence-corrected chi connectivity index (χ3v) is 2.81. The maximum atomic E-state index is 11.8. The van der Waals surface area contributed by atoms with Crippen LogP contribution in [0.25, 0.3) is 0 Å². The zero-order chi connectivity index (χ0) is 15.9. The number of aromatic nitrogens is 2. The fraction of sp³-hybridized carbons (Fsp3) is 0.267. The molecule has 2 rings (SSSR count). The summed E-state index contributed by atoms with van der Waals surface area (Å²) in [5.74, 6) is -1.15. The molecular formula is C15H17N3O4. The Hall–Kier alpha value is -2.67. The highest BCUT2D eigenvalue weighted by Crippen LogP contribution is 2.03. The van der Waals surface area contributed by atoms with Crippen LogP contribution in [0, 0.1) is 6.92 Å². The first-order valence-corrected chi connectivity index (χ1v) is 6.68. The van der Waals surface area contributed by atoms with Gasteiger partial charge in [-0.1, -0.05) is 30.3 Å². The average molecular weight is 303 g/mol. The molecule has 0 atom stereocenters. The van der Waals surface area contributed by atoms with E-state index < -0.39 is 18.5 Å². The smallest absolute Gasteiger partial charge is 0.357 e. The van der Waals surface area contributed by atoms with E-state index in [2.05, 4.69) is 10.6 Å². The van der Waals surface area contributed by atoms with Gasteiger partial charge >= 0.3 is 5.97 Å². The average Bonchev–Trinajstić information content (AvgIpc) is 2.84. The lowest BCUT2D eigenvalue weighted by atomic mass is 10.2. The van der Waals surface area contributed by atoms with E-state index >= 15 is 0 Å². The van der Waals surface area contributed by atoms with Crippen LogP contribution in [-0.2, 0) is 28.0 Å². The minimum absolute atomic E-state index is 0.238. The summed E-state index contributed by atoms with van der Waals surface area (Å²) in [4.78, 5) is 28.3. The van der Waals surface area contributed by atoms with E-state index in [1.165, 1.54) is 4.68 Å². The number of rotatable bonds is 6. The summed E-state index contributed by atoms with van der Waals surface area (Å²) in [6, 6.07) is 11.0. The van der Waals surface area contributed by atoms with Crippen molar-refractivity contribution in [3.63, 3.8) is 0 Å². The minimum Gasteiger partial charge on any atom is -0.451 e. The van der Waals surface area contributed by atoms with E-state index in [1.807, 2.05) is 30.3 Å². The Morgan fingerprint density at radius 2 is 2.00 bits per heavy atom. The fourth-order valence-electron chi connectivity index (χ4n) is 1.81. The van der Waals surface area contributed by atoms with Gasteiger partial charge in [0.15, 0.2) is 6.61 Å². The molecule has 0 unspecified atom stereocenters. The molecule has 0 saturated carbocycles. The molecule has 116 valence electrons. The second-order valence-electron chi connectivity index (χ2n) is 4.67. The number of nitrogens with zero attached hydrogens (tertiary/aromatic N) is 2. The van der Waals surface area contributed by atoms with Crippen molar-refractivity contribution in [3.8, 4) is 0 Å². The van der Waals surface area contributed by atoms with Crippen LogP contribution in [0.5, 0.6) is 0 Å². The Kier molecular flexibility index (Phi) is 5.26. The van der Waals surface area contributed by atoms with Gasteiger partial charge < -0.3 is 4.74 Å². The summed E-state index contributed by atoms with van der Waals surface area (Å²) in [6.45, 7) is 1.58. The first kappa shape index (κ1) is 15.7. The summed E-state index contributed by atoms with van der Waals surface area (Å²) in [5.41, 5.74) is 4.13. The van der Waals surface area contributed by atoms with Gasteiger partial charge in [0.2, 0.25) is 0 Å². The van der Waals surface area contributed by atoms with Gasteiger partial charge in [-0.15, -0.1) is 0 Å². The van der Waals surface area contributed by atoms with Crippen molar-refractivity contribution >= 4 is 11.9 Å². The number of hydroxylamine groups is 1. The minimum atomic E-state index is -0.610. The molecule has 2 aromatic rings. The van der Waals surface area contributed by atoms with Gasteiger partial charge in [0, 0.05) is 7.05 Å². The van der Waals surface area contributed by atoms with Crippen LogP contribution in [0.15, 0.2) is 36.4 Å². The van der Waals surface area contributed by atoms with E-state index in [0.29, 0.717) is 5.69 Å². The highest BCUT2D eigenvalue weighted by molar-refractivity contribution is 5.89. The van der Waals surface area contributed by atoms with Crippen molar-refractivity contribution in [2.24, 2.45) is 7.05 Å². The van der Waals surface area contributed by atoms with Gasteiger partial charge in [-0.05, 0) is 18.6 Å². The van der Waals surface area contributed by atoms with E-state index in [9.17, 15) is 9.59 Å². The number of benzene rings is 1. The number of hydrogen-bond acceptors (Lipinski definition) is 5. The molecule has 1 heterocycles. The Morgan fingerprint density at radius 1 is 1.27 bits per heavy atom. The molecule has 7 heteroatoms. The zero-order valence-electron chi connectivity index (χ0n) is 12.4. The van der Waals surface area contributed by atoms with Crippen molar-refractivity contribution in [2.75, 3.05) is 6.61 Å². The molecule has 0 spiro atoms. The van der Waals surface area contributed by atoms with Crippen molar-refractivity contribution in [3.05, 3.63) is 53.3 Å². The molecule has 0 bridgehead atoms. The largest absolute Gasteiger partial charge is 0.451 e. The second-order valence-corrected chi connectivity index (χ2v) is 4.67. The van der Waals surface area contributed by atoms with Gasteiger partial charge in [0.1, 0.15) is 5.69 Å². The van der Waals surface area contributed by atoms with Crippen molar-refractivity contribution < 1.29 is 19.2 Å². The van der Waals surface area contributed by atoms with E-state index in [4.69, 9.17) is 9.57 Å². The zero-order valence-corrected chi connectivity index (χ0v) is 12.4. The van der Waals surface area contributed by atoms with Crippen molar-refractivity contribution in [1.82, 2.24) is 15.3 Å². The maximum absolute atomic E-state index is 11.8. The maximum Gasteiger partial charge on any atom is 0.357 e. The molecule has 0 fully saturated rings. The Morgan fingerprint density at radius 3 is 2.64 bits per heavy atom. The Labute approximate surface area is 127 Å². The molecule has 1 aromatic carbocycles. The third kappa shape index (κ3) is 4.42. The van der Waals surface area contributed by atoms with Crippen LogP contribution >= 0.6 is 0 Å². The Balaban J connectivity index is 1.71.